The summed E-state index contributed by atoms with van der Waals surface area (Å²) in [7, 11) is 0. The van der Waals surface area contributed by atoms with Crippen LogP contribution in [0.15, 0.2) is 48.0 Å². The van der Waals surface area contributed by atoms with Crippen LogP contribution >= 0.6 is 0 Å². The van der Waals surface area contributed by atoms with Crippen LogP contribution in [0.25, 0.3) is 5.76 Å². The van der Waals surface area contributed by atoms with Crippen LogP contribution in [0.5, 0.6) is 11.5 Å². The molecule has 1 spiro atoms. The lowest BCUT2D eigenvalue weighted by Crippen LogP contribution is -2.53. The summed E-state index contributed by atoms with van der Waals surface area (Å²) in [5, 5.41) is 11.7. The van der Waals surface area contributed by atoms with Gasteiger partial charge >= 0.3 is 0 Å². The van der Waals surface area contributed by atoms with Gasteiger partial charge in [-0.1, -0.05) is 25.1 Å². The number of para-hydroxylation sites is 1. The third-order valence-electron chi connectivity index (χ3n) is 7.48. The Bertz CT molecular complexity index is 1330. The first kappa shape index (κ1) is 23.5. The number of aliphatic hydroxyl groups is 1. The summed E-state index contributed by atoms with van der Waals surface area (Å²) in [6.07, 6.45) is 1.93. The molecule has 9 nitrogen and oxygen atoms in total. The molecule has 0 saturated carbocycles. The van der Waals surface area contributed by atoms with Crippen LogP contribution in [0.3, 0.4) is 0 Å². The van der Waals surface area contributed by atoms with E-state index in [2.05, 4.69) is 0 Å². The first-order valence-corrected chi connectivity index (χ1v) is 12.7. The van der Waals surface area contributed by atoms with Crippen LogP contribution in [-0.2, 0) is 24.7 Å². The summed E-state index contributed by atoms with van der Waals surface area (Å²) in [6.45, 7) is 3.76. The van der Waals surface area contributed by atoms with E-state index in [1.807, 2.05) is 19.1 Å². The second-order valence-electron chi connectivity index (χ2n) is 9.65. The number of aliphatic hydroxyl groups excluding tert-OH is 1. The summed E-state index contributed by atoms with van der Waals surface area (Å²) in [5.41, 5.74) is -0.629. The van der Waals surface area contributed by atoms with E-state index in [-0.39, 0.29) is 23.8 Å². The molecule has 2 atom stereocenters. The molecule has 4 heterocycles. The Morgan fingerprint density at radius 1 is 1.05 bits per heavy atom. The first-order valence-electron chi connectivity index (χ1n) is 12.7. The Morgan fingerprint density at radius 2 is 1.84 bits per heavy atom. The van der Waals surface area contributed by atoms with Crippen LogP contribution in [0.2, 0.25) is 0 Å². The molecule has 0 unspecified atom stereocenters. The molecule has 4 aliphatic heterocycles. The smallest absolute Gasteiger partial charge is 0.296 e. The van der Waals surface area contributed by atoms with Crippen LogP contribution in [0, 0.1) is 0 Å². The van der Waals surface area contributed by atoms with Gasteiger partial charge in [-0.05, 0) is 43.5 Å². The van der Waals surface area contributed by atoms with Crippen molar-refractivity contribution in [2.24, 2.45) is 0 Å². The molecule has 1 N–H and O–H groups in total. The minimum absolute atomic E-state index is 0.0720. The minimum Gasteiger partial charge on any atom is -0.507 e. The lowest BCUT2D eigenvalue weighted by Gasteiger charge is -2.35. The van der Waals surface area contributed by atoms with Gasteiger partial charge in [-0.25, -0.2) is 0 Å². The Labute approximate surface area is 214 Å². The number of fused-ring (bicyclic) bond motifs is 3. The summed E-state index contributed by atoms with van der Waals surface area (Å²) in [4.78, 5) is 44.6. The zero-order valence-corrected chi connectivity index (χ0v) is 20.6. The second kappa shape index (κ2) is 8.92. The Balaban J connectivity index is 1.59. The third kappa shape index (κ3) is 3.37. The highest BCUT2D eigenvalue weighted by molar-refractivity contribution is 6.50. The number of anilines is 1. The zero-order chi connectivity index (χ0) is 25.7. The largest absolute Gasteiger partial charge is 0.507 e. The molecule has 0 bridgehead atoms. The average Bonchev–Trinajstić information content (AvgIpc) is 3.58. The predicted octanol–water partition coefficient (Wildman–Crippen LogP) is 2.97. The molecule has 2 amide bonds. The van der Waals surface area contributed by atoms with Crippen LogP contribution in [0.4, 0.5) is 5.69 Å². The van der Waals surface area contributed by atoms with E-state index in [1.165, 1.54) is 4.90 Å². The van der Waals surface area contributed by atoms with E-state index in [0.29, 0.717) is 55.5 Å². The quantitative estimate of drug-likeness (QED) is 0.379. The fraction of sp³-hybridized carbons (Fsp3) is 0.393. The summed E-state index contributed by atoms with van der Waals surface area (Å²) in [5.74, 6) is -1.63. The molecular formula is C28H28N2O7. The normalized spacial score (nSPS) is 25.9. The number of hydrogen-bond donors (Lipinski definition) is 1. The number of amides is 2. The molecule has 2 fully saturated rings. The average molecular weight is 505 g/mol. The van der Waals surface area contributed by atoms with E-state index < -0.39 is 28.9 Å². The number of hydrogen-bond acceptors (Lipinski definition) is 7. The lowest BCUT2D eigenvalue weighted by molar-refractivity contribution is -0.145. The number of carbonyl (C=O) groups excluding carboxylic acids is 3. The molecule has 2 saturated heterocycles. The van der Waals surface area contributed by atoms with Gasteiger partial charge in [0.25, 0.3) is 17.6 Å². The fourth-order valence-corrected chi connectivity index (χ4v) is 5.89. The molecule has 0 aliphatic carbocycles. The molecule has 0 radical (unpaired) electrons. The standard InChI is InChI=1S/C28H28N2O7/c1-2-11-29-20-8-4-3-7-19(20)28(27(29)34)23(25(32)26(33)30(28)16-18-6-5-12-35-18)24(31)17-9-10-21-22(15-17)37-14-13-36-21/h3-4,7-10,15,18,31H,2,5-6,11-14,16H2,1H3/b24-23-/t18-,28+/m0/s1. The van der Waals surface area contributed by atoms with Gasteiger partial charge in [0.2, 0.25) is 0 Å². The Morgan fingerprint density at radius 3 is 2.59 bits per heavy atom. The number of ketones is 1. The van der Waals surface area contributed by atoms with Crippen molar-refractivity contribution in [1.82, 2.24) is 4.90 Å². The number of rotatable bonds is 5. The van der Waals surface area contributed by atoms with E-state index in [4.69, 9.17) is 14.2 Å². The van der Waals surface area contributed by atoms with Gasteiger partial charge in [0.15, 0.2) is 17.0 Å². The number of ether oxygens (including phenoxy) is 3. The Kier molecular flexibility index (Phi) is 5.67. The van der Waals surface area contributed by atoms with Gasteiger partial charge in [-0.15, -0.1) is 0 Å². The van der Waals surface area contributed by atoms with E-state index >= 15 is 0 Å². The lowest BCUT2D eigenvalue weighted by atomic mass is 9.81. The van der Waals surface area contributed by atoms with E-state index in [1.54, 1.807) is 35.2 Å². The summed E-state index contributed by atoms with van der Waals surface area (Å²) in [6, 6.07) is 12.0. The van der Waals surface area contributed by atoms with Crippen molar-refractivity contribution >= 4 is 29.0 Å². The van der Waals surface area contributed by atoms with Crippen molar-refractivity contribution in [3.63, 3.8) is 0 Å². The first-order chi connectivity index (χ1) is 18.0. The number of likely N-dealkylation sites (tertiary alicyclic amines) is 1. The van der Waals surface area contributed by atoms with Gasteiger partial charge in [0.1, 0.15) is 19.0 Å². The van der Waals surface area contributed by atoms with E-state index in [9.17, 15) is 19.5 Å². The highest BCUT2D eigenvalue weighted by Crippen LogP contribution is 2.54. The minimum atomic E-state index is -1.79. The van der Waals surface area contributed by atoms with Crippen molar-refractivity contribution < 1.29 is 33.7 Å². The van der Waals surface area contributed by atoms with Crippen molar-refractivity contribution in [3.05, 3.63) is 59.2 Å². The molecule has 4 aliphatic rings. The van der Waals surface area contributed by atoms with Gasteiger partial charge in [-0.3, -0.25) is 14.4 Å². The van der Waals surface area contributed by atoms with E-state index in [0.717, 1.165) is 12.8 Å². The van der Waals surface area contributed by atoms with Gasteiger partial charge < -0.3 is 29.1 Å². The summed E-state index contributed by atoms with van der Waals surface area (Å²) < 4.78 is 17.1. The van der Waals surface area contributed by atoms with Crippen molar-refractivity contribution in [2.75, 3.05) is 37.8 Å². The molecular weight excluding hydrogens is 476 g/mol. The highest BCUT2D eigenvalue weighted by atomic mass is 16.6. The van der Waals surface area contributed by atoms with Crippen LogP contribution < -0.4 is 14.4 Å². The highest BCUT2D eigenvalue weighted by Gasteiger charge is 2.67. The zero-order valence-electron chi connectivity index (χ0n) is 20.6. The maximum Gasteiger partial charge on any atom is 0.296 e. The molecule has 37 heavy (non-hydrogen) atoms. The SMILES string of the molecule is CCCN1C(=O)[C@]2(/C(=C(\O)c3ccc4c(c3)OCCO4)C(=O)C(=O)N2C[C@@H]2CCCO2)c2ccccc21. The topological polar surface area (TPSA) is 106 Å². The van der Waals surface area contributed by atoms with Gasteiger partial charge in [-0.2, -0.15) is 0 Å². The second-order valence-corrected chi connectivity index (χ2v) is 9.65. The number of benzene rings is 2. The molecule has 192 valence electrons. The van der Waals surface area contributed by atoms with Gasteiger partial charge in [0.05, 0.1) is 17.4 Å². The number of nitrogens with zero attached hydrogens (tertiary/aromatic N) is 2. The molecule has 2 aromatic carbocycles. The molecule has 0 aromatic heterocycles. The maximum absolute atomic E-state index is 14.4. The van der Waals surface area contributed by atoms with Crippen LogP contribution in [0.1, 0.15) is 37.3 Å². The van der Waals surface area contributed by atoms with Crippen molar-refractivity contribution in [2.45, 2.75) is 37.8 Å². The monoisotopic (exact) mass is 504 g/mol. The van der Waals surface area contributed by atoms with Crippen molar-refractivity contribution in [3.8, 4) is 11.5 Å². The molecule has 2 aromatic rings. The molecule has 9 heteroatoms. The maximum atomic E-state index is 14.4. The fourth-order valence-electron chi connectivity index (χ4n) is 5.89. The third-order valence-corrected chi connectivity index (χ3v) is 7.48. The van der Waals surface area contributed by atoms with Crippen molar-refractivity contribution in [1.29, 1.82) is 0 Å². The predicted molar refractivity (Wildman–Crippen MR) is 133 cm³/mol. The summed E-state index contributed by atoms with van der Waals surface area (Å²) >= 11 is 0. The number of Topliss-reactive ketones (excluding diaryl/α,β-unsaturated/α-hetero) is 1. The van der Waals surface area contributed by atoms with Crippen LogP contribution in [-0.4, -0.2) is 66.6 Å². The Hall–Kier alpha value is -3.85. The van der Waals surface area contributed by atoms with Gasteiger partial charge in [0, 0.05) is 30.8 Å². The molecule has 6 rings (SSSR count). The number of carbonyl (C=O) groups is 3.